The summed E-state index contributed by atoms with van der Waals surface area (Å²) in [7, 11) is 3.24. The third-order valence-corrected chi connectivity index (χ3v) is 6.64. The number of nitrogens with one attached hydrogen (secondary N) is 1. The highest BCUT2D eigenvalue weighted by Gasteiger charge is 2.20. The van der Waals surface area contributed by atoms with E-state index in [9.17, 15) is 4.79 Å². The molecule has 0 saturated heterocycles. The van der Waals surface area contributed by atoms with Crippen molar-refractivity contribution in [1.82, 2.24) is 34.3 Å². The monoisotopic (exact) mass is 515 g/mol. The lowest BCUT2D eigenvalue weighted by molar-refractivity contribution is 0.181. The maximum atomic E-state index is 13.3. The summed E-state index contributed by atoms with van der Waals surface area (Å²) in [6.45, 7) is 0.686. The Hall–Kier alpha value is -4.28. The number of aryl methyl sites for hydroxylation is 2. The molecule has 0 unspecified atom stereocenters. The van der Waals surface area contributed by atoms with E-state index in [0.29, 0.717) is 35.0 Å². The number of fused-ring (bicyclic) bond motifs is 4. The first kappa shape index (κ1) is 23.1. The second-order valence-electron chi connectivity index (χ2n) is 8.59. The van der Waals surface area contributed by atoms with Crippen LogP contribution in [0.2, 0.25) is 5.02 Å². The number of methoxy groups -OCH3 is 2. The molecule has 0 atom stereocenters. The molecule has 0 radical (unpaired) electrons. The van der Waals surface area contributed by atoms with Crippen LogP contribution in [0, 0.1) is 0 Å². The third-order valence-electron chi connectivity index (χ3n) is 6.38. The van der Waals surface area contributed by atoms with Gasteiger partial charge in [0.25, 0.3) is 5.56 Å². The second kappa shape index (κ2) is 9.30. The van der Waals surface area contributed by atoms with E-state index in [1.165, 1.54) is 6.33 Å². The van der Waals surface area contributed by atoms with Crippen LogP contribution < -0.4 is 10.3 Å². The van der Waals surface area contributed by atoms with Gasteiger partial charge in [-0.05, 0) is 47.9 Å². The van der Waals surface area contributed by atoms with Crippen LogP contribution in [0.15, 0.2) is 59.8 Å². The molecule has 0 amide bonds. The molecule has 0 aliphatic heterocycles. The Morgan fingerprint density at radius 3 is 2.68 bits per heavy atom. The number of benzene rings is 2. The molecule has 0 aliphatic carbocycles. The van der Waals surface area contributed by atoms with Gasteiger partial charge in [-0.3, -0.25) is 9.36 Å². The number of hydrogen-bond donors (Lipinski definition) is 1. The van der Waals surface area contributed by atoms with E-state index in [4.69, 9.17) is 21.1 Å². The molecular formula is C26H22ClN7O3. The second-order valence-corrected chi connectivity index (χ2v) is 9.02. The fourth-order valence-electron chi connectivity index (χ4n) is 4.54. The van der Waals surface area contributed by atoms with E-state index < -0.39 is 0 Å². The molecule has 0 saturated carbocycles. The Morgan fingerprint density at radius 1 is 1.05 bits per heavy atom. The lowest BCUT2D eigenvalue weighted by Crippen LogP contribution is -2.23. The molecular weight excluding hydrogens is 494 g/mol. The quantitative estimate of drug-likeness (QED) is 0.341. The van der Waals surface area contributed by atoms with Gasteiger partial charge in [-0.1, -0.05) is 23.7 Å². The minimum absolute atomic E-state index is 0.143. The summed E-state index contributed by atoms with van der Waals surface area (Å²) in [6.07, 6.45) is 4.10. The molecule has 6 aromatic rings. The molecule has 186 valence electrons. The van der Waals surface area contributed by atoms with Crippen molar-refractivity contribution in [2.75, 3.05) is 14.2 Å². The number of H-pyrrole nitrogens is 1. The predicted molar refractivity (Wildman–Crippen MR) is 140 cm³/mol. The molecule has 2 aromatic carbocycles. The highest BCUT2D eigenvalue weighted by Crippen LogP contribution is 2.30. The van der Waals surface area contributed by atoms with Gasteiger partial charge in [-0.2, -0.15) is 9.61 Å². The van der Waals surface area contributed by atoms with Crippen LogP contribution in [0.3, 0.4) is 0 Å². The van der Waals surface area contributed by atoms with Crippen molar-refractivity contribution in [3.63, 3.8) is 0 Å². The van der Waals surface area contributed by atoms with Crippen molar-refractivity contribution in [1.29, 1.82) is 0 Å². The first-order chi connectivity index (χ1) is 18.1. The van der Waals surface area contributed by atoms with Gasteiger partial charge in [-0.15, -0.1) is 10.2 Å². The van der Waals surface area contributed by atoms with Crippen molar-refractivity contribution >= 4 is 39.3 Å². The topological polar surface area (TPSA) is 112 Å². The number of ether oxygens (including phenoxy) is 2. The maximum Gasteiger partial charge on any atom is 0.283 e. The molecule has 0 bridgehead atoms. The Morgan fingerprint density at radius 2 is 1.89 bits per heavy atom. The standard InChI is InChI=1S/C26H22ClN7O3/c1-36-13-21-22(15-3-5-17(27)6-4-15)24-31-30-23-25(34(24)32-21)29-14-33(26(23)35)10-9-16-12-28-20-8-7-18(37-2)11-19(16)20/h3-8,11-12,14,28H,9-10,13H2,1-2H3. The minimum atomic E-state index is -0.284. The predicted octanol–water partition coefficient (Wildman–Crippen LogP) is 4.03. The van der Waals surface area contributed by atoms with Crippen LogP contribution in [0.25, 0.3) is 38.8 Å². The number of rotatable bonds is 7. The maximum absolute atomic E-state index is 13.3. The molecule has 4 heterocycles. The SMILES string of the molecule is COCc1nn2c(nnc3c(=O)n(CCc4c[nH]c5ccc(OC)cc45)cnc32)c1-c1ccc(Cl)cc1. The van der Waals surface area contributed by atoms with Crippen molar-refractivity contribution in [2.45, 2.75) is 19.6 Å². The number of nitrogens with zero attached hydrogens (tertiary/aromatic N) is 6. The van der Waals surface area contributed by atoms with Crippen LogP contribution in [-0.4, -0.2) is 48.6 Å². The summed E-state index contributed by atoms with van der Waals surface area (Å²) in [5.74, 6) is 0.780. The Balaban J connectivity index is 1.39. The summed E-state index contributed by atoms with van der Waals surface area (Å²) in [6, 6.07) is 13.2. The lowest BCUT2D eigenvalue weighted by Gasteiger charge is -2.07. The van der Waals surface area contributed by atoms with E-state index >= 15 is 0 Å². The van der Waals surface area contributed by atoms with E-state index in [1.54, 1.807) is 35.4 Å². The van der Waals surface area contributed by atoms with Crippen LogP contribution >= 0.6 is 11.6 Å². The van der Waals surface area contributed by atoms with Crippen LogP contribution in [0.1, 0.15) is 11.3 Å². The first-order valence-electron chi connectivity index (χ1n) is 11.6. The van der Waals surface area contributed by atoms with E-state index in [2.05, 4.69) is 25.3 Å². The van der Waals surface area contributed by atoms with E-state index in [-0.39, 0.29) is 17.7 Å². The van der Waals surface area contributed by atoms with Gasteiger partial charge in [0.1, 0.15) is 12.1 Å². The van der Waals surface area contributed by atoms with Crippen molar-refractivity contribution in [2.24, 2.45) is 0 Å². The number of aromatic amines is 1. The molecule has 37 heavy (non-hydrogen) atoms. The van der Waals surface area contributed by atoms with Crippen molar-refractivity contribution in [3.8, 4) is 16.9 Å². The summed E-state index contributed by atoms with van der Waals surface area (Å²) < 4.78 is 13.8. The number of aromatic nitrogens is 7. The molecule has 0 spiro atoms. The van der Waals surface area contributed by atoms with Crippen LogP contribution in [0.4, 0.5) is 0 Å². The van der Waals surface area contributed by atoms with Crippen LogP contribution in [0.5, 0.6) is 5.75 Å². The minimum Gasteiger partial charge on any atom is -0.497 e. The molecule has 10 nitrogen and oxygen atoms in total. The van der Waals surface area contributed by atoms with Gasteiger partial charge in [0.05, 0.1) is 25.0 Å². The zero-order valence-electron chi connectivity index (χ0n) is 20.1. The van der Waals surface area contributed by atoms with E-state index in [1.807, 2.05) is 36.5 Å². The zero-order chi connectivity index (χ0) is 25.5. The fraction of sp³-hybridized carbons (Fsp3) is 0.192. The number of halogens is 1. The van der Waals surface area contributed by atoms with Crippen molar-refractivity contribution < 1.29 is 9.47 Å². The Kier molecular flexibility index (Phi) is 5.82. The van der Waals surface area contributed by atoms with Crippen molar-refractivity contribution in [3.05, 3.63) is 81.6 Å². The van der Waals surface area contributed by atoms with Gasteiger partial charge < -0.3 is 14.5 Å². The van der Waals surface area contributed by atoms with Gasteiger partial charge in [0, 0.05) is 35.8 Å². The Labute approximate surface area is 215 Å². The smallest absolute Gasteiger partial charge is 0.283 e. The first-order valence-corrected chi connectivity index (χ1v) is 12.0. The fourth-order valence-corrected chi connectivity index (χ4v) is 4.67. The average molecular weight is 516 g/mol. The van der Waals surface area contributed by atoms with Gasteiger partial charge in [-0.25, -0.2) is 4.98 Å². The molecule has 0 fully saturated rings. The highest BCUT2D eigenvalue weighted by atomic mass is 35.5. The Bertz CT molecular complexity index is 1820. The average Bonchev–Trinajstić information content (AvgIpc) is 3.49. The summed E-state index contributed by atoms with van der Waals surface area (Å²) in [5, 5.41) is 15.0. The molecule has 6 rings (SSSR count). The van der Waals surface area contributed by atoms with E-state index in [0.717, 1.165) is 33.3 Å². The largest absolute Gasteiger partial charge is 0.497 e. The van der Waals surface area contributed by atoms with Crippen LogP contribution in [-0.2, 0) is 24.3 Å². The molecule has 11 heteroatoms. The molecule has 4 aromatic heterocycles. The summed E-state index contributed by atoms with van der Waals surface area (Å²) >= 11 is 6.08. The van der Waals surface area contributed by atoms with Gasteiger partial charge >= 0.3 is 0 Å². The normalized spacial score (nSPS) is 11.6. The highest BCUT2D eigenvalue weighted by molar-refractivity contribution is 6.30. The zero-order valence-corrected chi connectivity index (χ0v) is 20.9. The summed E-state index contributed by atoms with van der Waals surface area (Å²) in [4.78, 5) is 21.2. The van der Waals surface area contributed by atoms with Gasteiger partial charge in [0.2, 0.25) is 0 Å². The third kappa shape index (κ3) is 4.00. The molecule has 1 N–H and O–H groups in total. The molecule has 0 aliphatic rings. The summed E-state index contributed by atoms with van der Waals surface area (Å²) in [5.41, 5.74) is 5.05. The lowest BCUT2D eigenvalue weighted by atomic mass is 10.1. The number of hydrogen-bond acceptors (Lipinski definition) is 7. The van der Waals surface area contributed by atoms with Gasteiger partial charge in [0.15, 0.2) is 16.8 Å².